The summed E-state index contributed by atoms with van der Waals surface area (Å²) in [6.45, 7) is 2.82. The van der Waals surface area contributed by atoms with Gasteiger partial charge in [0.05, 0.1) is 18.3 Å². The quantitative estimate of drug-likeness (QED) is 0.435. The van der Waals surface area contributed by atoms with Crippen molar-refractivity contribution in [3.63, 3.8) is 0 Å². The Hall–Kier alpha value is -3.72. The van der Waals surface area contributed by atoms with Gasteiger partial charge in [0.25, 0.3) is 5.56 Å². The van der Waals surface area contributed by atoms with E-state index in [1.54, 1.807) is 30.7 Å². The maximum absolute atomic E-state index is 13.5. The van der Waals surface area contributed by atoms with E-state index >= 15 is 0 Å². The summed E-state index contributed by atoms with van der Waals surface area (Å²) in [6.07, 6.45) is 1.23. The molecule has 9 heteroatoms. The first-order chi connectivity index (χ1) is 16.9. The Bertz CT molecular complexity index is 1460. The van der Waals surface area contributed by atoms with E-state index in [0.717, 1.165) is 0 Å². The molecule has 1 aliphatic heterocycles. The highest BCUT2D eigenvalue weighted by Gasteiger charge is 2.28. The summed E-state index contributed by atoms with van der Waals surface area (Å²) < 4.78 is 21.1. The SMILES string of the molecule is COc1cccc(-n2c(N3CCC(C(=O)Nc4ccc(F)c(C)c4)CC3)nc3ccsc3c2=O)c1. The van der Waals surface area contributed by atoms with Crippen molar-refractivity contribution in [3.05, 3.63) is 75.6 Å². The molecule has 3 heterocycles. The standard InChI is InChI=1S/C26H25FN4O3S/c1-16-14-18(6-7-21(16)27)28-24(32)17-8-11-30(12-9-17)26-29-22-10-13-35-23(22)25(33)31(26)19-4-3-5-20(15-19)34-2/h3-7,10,13-15,17H,8-9,11-12H2,1-2H3,(H,28,32). The van der Waals surface area contributed by atoms with Crippen molar-refractivity contribution in [2.75, 3.05) is 30.4 Å². The molecule has 180 valence electrons. The molecule has 7 nitrogen and oxygen atoms in total. The summed E-state index contributed by atoms with van der Waals surface area (Å²) >= 11 is 1.37. The molecule has 1 saturated heterocycles. The van der Waals surface area contributed by atoms with Gasteiger partial charge in [-0.05, 0) is 67.1 Å². The Balaban J connectivity index is 1.40. The lowest BCUT2D eigenvalue weighted by molar-refractivity contribution is -0.120. The van der Waals surface area contributed by atoms with Gasteiger partial charge in [-0.1, -0.05) is 6.07 Å². The number of nitrogens with zero attached hydrogens (tertiary/aromatic N) is 3. The van der Waals surface area contributed by atoms with Gasteiger partial charge in [0.15, 0.2) is 0 Å². The van der Waals surface area contributed by atoms with Gasteiger partial charge < -0.3 is 15.0 Å². The van der Waals surface area contributed by atoms with Crippen LogP contribution in [0.4, 0.5) is 16.0 Å². The van der Waals surface area contributed by atoms with Crippen LogP contribution in [-0.4, -0.2) is 35.7 Å². The molecule has 5 rings (SSSR count). The monoisotopic (exact) mass is 492 g/mol. The Kier molecular flexibility index (Phi) is 6.25. The smallest absolute Gasteiger partial charge is 0.277 e. The molecule has 4 aromatic rings. The van der Waals surface area contributed by atoms with Crippen molar-refractivity contribution in [1.82, 2.24) is 9.55 Å². The Labute approximate surface area is 205 Å². The molecule has 1 amide bonds. The van der Waals surface area contributed by atoms with E-state index in [2.05, 4.69) is 10.2 Å². The van der Waals surface area contributed by atoms with Crippen LogP contribution in [0.15, 0.2) is 58.7 Å². The number of nitrogens with one attached hydrogen (secondary N) is 1. The fraction of sp³-hybridized carbons (Fsp3) is 0.269. The van der Waals surface area contributed by atoms with Gasteiger partial charge in [0, 0.05) is 30.8 Å². The van der Waals surface area contributed by atoms with Gasteiger partial charge in [-0.15, -0.1) is 11.3 Å². The van der Waals surface area contributed by atoms with E-state index in [4.69, 9.17) is 9.72 Å². The lowest BCUT2D eigenvalue weighted by atomic mass is 9.96. The summed E-state index contributed by atoms with van der Waals surface area (Å²) in [6, 6.07) is 13.8. The van der Waals surface area contributed by atoms with Crippen molar-refractivity contribution in [2.45, 2.75) is 19.8 Å². The Morgan fingerprint density at radius 1 is 1.17 bits per heavy atom. The number of thiophene rings is 1. The molecule has 0 bridgehead atoms. The molecule has 35 heavy (non-hydrogen) atoms. The first-order valence-corrected chi connectivity index (χ1v) is 12.3. The average Bonchev–Trinajstić information content (AvgIpc) is 3.35. The Morgan fingerprint density at radius 2 is 1.97 bits per heavy atom. The summed E-state index contributed by atoms with van der Waals surface area (Å²) in [5.74, 6) is 0.647. The average molecular weight is 493 g/mol. The fourth-order valence-electron chi connectivity index (χ4n) is 4.40. The number of carbonyl (C=O) groups excluding carboxylic acids is 1. The minimum Gasteiger partial charge on any atom is -0.497 e. The lowest BCUT2D eigenvalue weighted by Crippen LogP contribution is -2.41. The molecule has 0 unspecified atom stereocenters. The minimum absolute atomic E-state index is 0.0814. The number of hydrogen-bond acceptors (Lipinski definition) is 6. The number of hydrogen-bond donors (Lipinski definition) is 1. The molecule has 0 aliphatic carbocycles. The number of rotatable bonds is 5. The zero-order valence-corrected chi connectivity index (χ0v) is 20.3. The van der Waals surface area contributed by atoms with Crippen LogP contribution in [0.2, 0.25) is 0 Å². The first kappa shape index (κ1) is 23.0. The van der Waals surface area contributed by atoms with E-state index in [1.807, 2.05) is 35.7 Å². The van der Waals surface area contributed by atoms with Crippen molar-refractivity contribution in [1.29, 1.82) is 0 Å². The summed E-state index contributed by atoms with van der Waals surface area (Å²) in [7, 11) is 1.59. The number of aromatic nitrogens is 2. The Morgan fingerprint density at radius 3 is 2.71 bits per heavy atom. The largest absolute Gasteiger partial charge is 0.497 e. The highest BCUT2D eigenvalue weighted by atomic mass is 32.1. The molecule has 1 N–H and O–H groups in total. The zero-order chi connectivity index (χ0) is 24.5. The maximum atomic E-state index is 13.5. The highest BCUT2D eigenvalue weighted by molar-refractivity contribution is 7.17. The number of halogens is 1. The first-order valence-electron chi connectivity index (χ1n) is 11.4. The summed E-state index contributed by atoms with van der Waals surface area (Å²) in [5.41, 5.74) is 2.30. The van der Waals surface area contributed by atoms with E-state index in [9.17, 15) is 14.0 Å². The van der Waals surface area contributed by atoms with Crippen molar-refractivity contribution < 1.29 is 13.9 Å². The van der Waals surface area contributed by atoms with Crippen LogP contribution in [0.3, 0.4) is 0 Å². The molecule has 0 saturated carbocycles. The number of amides is 1. The van der Waals surface area contributed by atoms with E-state index in [-0.39, 0.29) is 23.2 Å². The van der Waals surface area contributed by atoms with Crippen molar-refractivity contribution >= 4 is 39.1 Å². The number of carbonyl (C=O) groups is 1. The second kappa shape index (κ2) is 9.50. The third-order valence-electron chi connectivity index (χ3n) is 6.35. The van der Waals surface area contributed by atoms with Crippen LogP contribution >= 0.6 is 11.3 Å². The molecule has 1 aliphatic rings. The predicted molar refractivity (Wildman–Crippen MR) is 136 cm³/mol. The number of anilines is 2. The molecular weight excluding hydrogens is 467 g/mol. The number of benzene rings is 2. The van der Waals surface area contributed by atoms with Crippen LogP contribution in [-0.2, 0) is 4.79 Å². The van der Waals surface area contributed by atoms with E-state index in [1.165, 1.54) is 17.4 Å². The fourth-order valence-corrected chi connectivity index (χ4v) is 5.16. The number of piperidine rings is 1. The number of ether oxygens (including phenoxy) is 1. The van der Waals surface area contributed by atoms with Gasteiger partial charge in [-0.3, -0.25) is 9.59 Å². The van der Waals surface area contributed by atoms with Crippen LogP contribution < -0.4 is 20.5 Å². The topological polar surface area (TPSA) is 76.5 Å². The van der Waals surface area contributed by atoms with Crippen LogP contribution in [0.5, 0.6) is 5.75 Å². The molecular formula is C26H25FN4O3S. The molecule has 2 aromatic heterocycles. The highest BCUT2D eigenvalue weighted by Crippen LogP contribution is 2.28. The molecule has 2 aromatic carbocycles. The van der Waals surface area contributed by atoms with E-state index < -0.39 is 0 Å². The van der Waals surface area contributed by atoms with Gasteiger partial charge >= 0.3 is 0 Å². The second-order valence-corrected chi connectivity index (χ2v) is 9.52. The minimum atomic E-state index is -0.298. The lowest BCUT2D eigenvalue weighted by Gasteiger charge is -2.33. The number of methoxy groups -OCH3 is 1. The summed E-state index contributed by atoms with van der Waals surface area (Å²) in [5, 5.41) is 4.77. The zero-order valence-electron chi connectivity index (χ0n) is 19.5. The third kappa shape index (κ3) is 4.51. The molecule has 1 fully saturated rings. The number of aryl methyl sites for hydroxylation is 1. The molecule has 0 spiro atoms. The van der Waals surface area contributed by atoms with Crippen LogP contribution in [0, 0.1) is 18.7 Å². The third-order valence-corrected chi connectivity index (χ3v) is 7.24. The van der Waals surface area contributed by atoms with Crippen molar-refractivity contribution in [3.8, 4) is 11.4 Å². The summed E-state index contributed by atoms with van der Waals surface area (Å²) in [4.78, 5) is 33.2. The molecule has 0 radical (unpaired) electrons. The van der Waals surface area contributed by atoms with Gasteiger partial charge in [-0.2, -0.15) is 0 Å². The van der Waals surface area contributed by atoms with Crippen LogP contribution in [0.1, 0.15) is 18.4 Å². The van der Waals surface area contributed by atoms with E-state index in [0.29, 0.717) is 64.8 Å². The van der Waals surface area contributed by atoms with Gasteiger partial charge in [0.2, 0.25) is 11.9 Å². The van der Waals surface area contributed by atoms with Gasteiger partial charge in [-0.25, -0.2) is 13.9 Å². The van der Waals surface area contributed by atoms with Gasteiger partial charge in [0.1, 0.15) is 16.3 Å². The molecule has 0 atom stereocenters. The maximum Gasteiger partial charge on any atom is 0.277 e. The predicted octanol–water partition coefficient (Wildman–Crippen LogP) is 4.76. The second-order valence-electron chi connectivity index (χ2n) is 8.60. The normalized spacial score (nSPS) is 14.3. The van der Waals surface area contributed by atoms with Crippen LogP contribution in [0.25, 0.3) is 15.9 Å². The van der Waals surface area contributed by atoms with Crippen molar-refractivity contribution in [2.24, 2.45) is 5.92 Å². The number of fused-ring (bicyclic) bond motifs is 1.